The van der Waals surface area contributed by atoms with E-state index in [0.717, 1.165) is 5.69 Å². The van der Waals surface area contributed by atoms with Crippen LogP contribution >= 0.6 is 11.6 Å². The minimum Gasteiger partial charge on any atom is -0.310 e. The highest BCUT2D eigenvalue weighted by molar-refractivity contribution is 6.30. The van der Waals surface area contributed by atoms with Crippen molar-refractivity contribution in [3.8, 4) is 0 Å². The summed E-state index contributed by atoms with van der Waals surface area (Å²) in [6.07, 6.45) is 0. The molecule has 1 aliphatic rings. The average molecular weight is 318 g/mol. The van der Waals surface area contributed by atoms with Crippen LogP contribution in [0.4, 0.5) is 11.6 Å². The van der Waals surface area contributed by atoms with Crippen LogP contribution in [-0.4, -0.2) is 25.6 Å². The standard InChI is InChI=1S/C14H12ClN5O2/c1-18-11-10(12(21)17-14(18)22)20-6-5-19(13(20)16-11)9-4-2-3-8(15)7-9/h2-4,7H,5-6H2,1H3,(H,17,21,22). The maximum absolute atomic E-state index is 12.1. The van der Waals surface area contributed by atoms with E-state index in [1.807, 2.05) is 27.7 Å². The molecule has 0 bridgehead atoms. The Bertz CT molecular complexity index is 1020. The van der Waals surface area contributed by atoms with Gasteiger partial charge in [0, 0.05) is 30.8 Å². The van der Waals surface area contributed by atoms with E-state index >= 15 is 0 Å². The number of aromatic amines is 1. The zero-order chi connectivity index (χ0) is 15.4. The summed E-state index contributed by atoms with van der Waals surface area (Å²) in [7, 11) is 1.59. The molecule has 22 heavy (non-hydrogen) atoms. The predicted molar refractivity (Wildman–Crippen MR) is 84.1 cm³/mol. The van der Waals surface area contributed by atoms with Crippen LogP contribution in [0.2, 0.25) is 5.02 Å². The maximum atomic E-state index is 12.1. The molecule has 0 fully saturated rings. The molecule has 112 valence electrons. The Morgan fingerprint density at radius 2 is 2.09 bits per heavy atom. The first-order valence-electron chi connectivity index (χ1n) is 6.79. The van der Waals surface area contributed by atoms with E-state index in [1.54, 1.807) is 13.1 Å². The minimum atomic E-state index is -0.469. The number of rotatable bonds is 1. The number of hydrogen-bond donors (Lipinski definition) is 1. The highest BCUT2D eigenvalue weighted by atomic mass is 35.5. The van der Waals surface area contributed by atoms with Crippen LogP contribution in [0.25, 0.3) is 11.2 Å². The monoisotopic (exact) mass is 317 g/mol. The Labute approximate surface area is 129 Å². The van der Waals surface area contributed by atoms with E-state index in [-0.39, 0.29) is 0 Å². The lowest BCUT2D eigenvalue weighted by Gasteiger charge is -2.16. The molecule has 8 heteroatoms. The van der Waals surface area contributed by atoms with E-state index in [4.69, 9.17) is 11.6 Å². The molecule has 4 rings (SSSR count). The van der Waals surface area contributed by atoms with Crippen molar-refractivity contribution in [2.75, 3.05) is 11.4 Å². The van der Waals surface area contributed by atoms with Crippen LogP contribution in [0, 0.1) is 0 Å². The lowest BCUT2D eigenvalue weighted by Crippen LogP contribution is -2.29. The molecule has 0 radical (unpaired) electrons. The Balaban J connectivity index is 1.98. The summed E-state index contributed by atoms with van der Waals surface area (Å²) in [6, 6.07) is 7.45. The molecule has 3 heterocycles. The fraction of sp³-hybridized carbons (Fsp3) is 0.214. The third-order valence-corrected chi connectivity index (χ3v) is 4.13. The van der Waals surface area contributed by atoms with Crippen molar-refractivity contribution in [3.63, 3.8) is 0 Å². The molecule has 1 N–H and O–H groups in total. The first-order chi connectivity index (χ1) is 10.6. The summed E-state index contributed by atoms with van der Waals surface area (Å²) in [6.45, 7) is 1.32. The van der Waals surface area contributed by atoms with E-state index in [9.17, 15) is 9.59 Å². The van der Waals surface area contributed by atoms with Crippen LogP contribution in [0.3, 0.4) is 0 Å². The largest absolute Gasteiger partial charge is 0.329 e. The van der Waals surface area contributed by atoms with Crippen molar-refractivity contribution in [1.29, 1.82) is 0 Å². The van der Waals surface area contributed by atoms with Crippen molar-refractivity contribution in [2.45, 2.75) is 6.54 Å². The van der Waals surface area contributed by atoms with E-state index < -0.39 is 11.2 Å². The highest BCUT2D eigenvalue weighted by Gasteiger charge is 2.27. The van der Waals surface area contributed by atoms with Gasteiger partial charge in [0.2, 0.25) is 5.95 Å². The third kappa shape index (κ3) is 1.72. The first-order valence-corrected chi connectivity index (χ1v) is 7.17. The van der Waals surface area contributed by atoms with Gasteiger partial charge in [-0.15, -0.1) is 0 Å². The molecule has 7 nitrogen and oxygen atoms in total. The van der Waals surface area contributed by atoms with Crippen molar-refractivity contribution in [3.05, 3.63) is 50.1 Å². The lowest BCUT2D eigenvalue weighted by molar-refractivity contribution is 0.797. The van der Waals surface area contributed by atoms with Gasteiger partial charge in [-0.2, -0.15) is 4.98 Å². The van der Waals surface area contributed by atoms with Crippen molar-refractivity contribution < 1.29 is 0 Å². The summed E-state index contributed by atoms with van der Waals surface area (Å²) in [4.78, 5) is 32.6. The quantitative estimate of drug-likeness (QED) is 0.732. The molecule has 0 unspecified atom stereocenters. The van der Waals surface area contributed by atoms with Crippen LogP contribution in [0.5, 0.6) is 0 Å². The minimum absolute atomic E-state index is 0.385. The normalized spacial score (nSPS) is 13.8. The number of benzene rings is 1. The predicted octanol–water partition coefficient (Wildman–Crippen LogP) is 1.23. The number of anilines is 2. The number of fused-ring (bicyclic) bond motifs is 3. The molecule has 0 saturated heterocycles. The summed E-state index contributed by atoms with van der Waals surface area (Å²) in [5.74, 6) is 0.643. The molecular formula is C14H12ClN5O2. The van der Waals surface area contributed by atoms with Crippen LogP contribution in [0.1, 0.15) is 0 Å². The van der Waals surface area contributed by atoms with Gasteiger partial charge in [-0.25, -0.2) is 4.79 Å². The number of hydrogen-bond acceptors (Lipinski definition) is 4. The van der Waals surface area contributed by atoms with Gasteiger partial charge in [-0.1, -0.05) is 17.7 Å². The van der Waals surface area contributed by atoms with Gasteiger partial charge >= 0.3 is 5.69 Å². The highest BCUT2D eigenvalue weighted by Crippen LogP contribution is 2.32. The lowest BCUT2D eigenvalue weighted by atomic mass is 10.3. The molecule has 0 aliphatic carbocycles. The van der Waals surface area contributed by atoms with Crippen molar-refractivity contribution >= 4 is 34.4 Å². The molecule has 1 aromatic carbocycles. The molecule has 2 aromatic heterocycles. The molecule has 0 amide bonds. The smallest absolute Gasteiger partial charge is 0.310 e. The second-order valence-corrected chi connectivity index (χ2v) is 5.62. The van der Waals surface area contributed by atoms with Gasteiger partial charge in [0.25, 0.3) is 5.56 Å². The second-order valence-electron chi connectivity index (χ2n) is 5.19. The fourth-order valence-electron chi connectivity index (χ4n) is 2.83. The van der Waals surface area contributed by atoms with Crippen LogP contribution < -0.4 is 16.1 Å². The van der Waals surface area contributed by atoms with Gasteiger partial charge < -0.3 is 9.47 Å². The molecule has 0 saturated carbocycles. The first kappa shape index (κ1) is 13.1. The molecule has 1 aliphatic heterocycles. The summed E-state index contributed by atoms with van der Waals surface area (Å²) in [5.41, 5.74) is 0.827. The Hall–Kier alpha value is -2.54. The Morgan fingerprint density at radius 3 is 2.86 bits per heavy atom. The van der Waals surface area contributed by atoms with E-state index in [2.05, 4.69) is 9.97 Å². The Kier molecular flexibility index (Phi) is 2.67. The Morgan fingerprint density at radius 1 is 1.27 bits per heavy atom. The van der Waals surface area contributed by atoms with Crippen LogP contribution in [0.15, 0.2) is 33.9 Å². The van der Waals surface area contributed by atoms with Crippen molar-refractivity contribution in [1.82, 2.24) is 19.1 Å². The number of nitrogens with one attached hydrogen (secondary N) is 1. The van der Waals surface area contributed by atoms with Crippen molar-refractivity contribution in [2.24, 2.45) is 7.05 Å². The average Bonchev–Trinajstić information content (AvgIpc) is 3.03. The number of imidazole rings is 1. The fourth-order valence-corrected chi connectivity index (χ4v) is 3.01. The van der Waals surface area contributed by atoms with Gasteiger partial charge in [0.1, 0.15) is 0 Å². The van der Waals surface area contributed by atoms with Gasteiger partial charge in [-0.05, 0) is 18.2 Å². The van der Waals surface area contributed by atoms with E-state index in [1.165, 1.54) is 4.57 Å². The number of nitrogens with zero attached hydrogens (tertiary/aromatic N) is 4. The second kappa shape index (κ2) is 4.48. The topological polar surface area (TPSA) is 75.9 Å². The number of halogens is 1. The molecule has 3 aromatic rings. The summed E-state index contributed by atoms with van der Waals surface area (Å²) < 4.78 is 3.17. The summed E-state index contributed by atoms with van der Waals surface area (Å²) in [5, 5.41) is 0.636. The van der Waals surface area contributed by atoms with Crippen LogP contribution in [-0.2, 0) is 13.6 Å². The molecule has 0 spiro atoms. The number of aromatic nitrogens is 4. The maximum Gasteiger partial charge on any atom is 0.329 e. The summed E-state index contributed by atoms with van der Waals surface area (Å²) >= 11 is 6.05. The van der Waals surface area contributed by atoms with Gasteiger partial charge in [0.05, 0.1) is 0 Å². The molecule has 0 atom stereocenters. The third-order valence-electron chi connectivity index (χ3n) is 3.90. The molecular weight excluding hydrogens is 306 g/mol. The van der Waals surface area contributed by atoms with Gasteiger partial charge in [-0.3, -0.25) is 14.3 Å². The van der Waals surface area contributed by atoms with E-state index in [0.29, 0.717) is 35.2 Å². The zero-order valence-electron chi connectivity index (χ0n) is 11.7. The number of aryl methyl sites for hydroxylation is 1. The number of H-pyrrole nitrogens is 1. The van der Waals surface area contributed by atoms with Gasteiger partial charge in [0.15, 0.2) is 11.2 Å². The SMILES string of the molecule is Cn1c(=O)[nH]c(=O)c2c1nc1n2CCN1c1cccc(Cl)c1. The zero-order valence-corrected chi connectivity index (χ0v) is 12.5.